The summed E-state index contributed by atoms with van der Waals surface area (Å²) in [6, 6.07) is 7.77. The molecular formula is C12H13Br3N2S. The number of pyridine rings is 2. The standard InChI is InChI=1S/C6H6BrNS.C5H3Br2N.CH4/c1-9-5-2-3-6(7)8-4-5;6-4-1-2-5(7)8-3-4;/h2-4H,1H3;1-3H;1H4. The summed E-state index contributed by atoms with van der Waals surface area (Å²) in [5.41, 5.74) is 0. The Bertz CT molecular complexity index is 425. The number of thioether (sulfide) groups is 1. The average molecular weight is 457 g/mol. The summed E-state index contributed by atoms with van der Waals surface area (Å²) in [6.45, 7) is 0. The van der Waals surface area contributed by atoms with Crippen LogP contribution in [0.15, 0.2) is 55.2 Å². The van der Waals surface area contributed by atoms with Gasteiger partial charge in [0, 0.05) is 21.8 Å². The number of hydrogen-bond acceptors (Lipinski definition) is 3. The van der Waals surface area contributed by atoms with Gasteiger partial charge in [-0.3, -0.25) is 0 Å². The predicted molar refractivity (Wildman–Crippen MR) is 90.1 cm³/mol. The fourth-order valence-corrected chi connectivity index (χ4v) is 1.91. The first kappa shape index (κ1) is 18.1. The molecule has 0 aliphatic heterocycles. The van der Waals surface area contributed by atoms with Gasteiger partial charge in [0.1, 0.15) is 9.21 Å². The van der Waals surface area contributed by atoms with E-state index in [2.05, 4.69) is 57.8 Å². The van der Waals surface area contributed by atoms with Crippen LogP contribution >= 0.6 is 59.6 Å². The molecule has 0 fully saturated rings. The molecule has 0 aliphatic carbocycles. The molecule has 0 aliphatic rings. The number of halogens is 3. The summed E-state index contributed by atoms with van der Waals surface area (Å²) < 4.78 is 2.75. The maximum atomic E-state index is 4.05. The Labute approximate surface area is 137 Å². The van der Waals surface area contributed by atoms with Crippen molar-refractivity contribution < 1.29 is 0 Å². The van der Waals surface area contributed by atoms with Crippen molar-refractivity contribution in [3.8, 4) is 0 Å². The summed E-state index contributed by atoms with van der Waals surface area (Å²) in [4.78, 5) is 9.19. The highest BCUT2D eigenvalue weighted by atomic mass is 79.9. The molecule has 98 valence electrons. The van der Waals surface area contributed by atoms with Crippen LogP contribution in [0.2, 0.25) is 0 Å². The minimum atomic E-state index is 0. The molecule has 6 heteroatoms. The predicted octanol–water partition coefficient (Wildman–Crippen LogP) is 5.81. The SMILES string of the molecule is Brc1ccc(Br)nc1.C.CSc1ccc(Br)nc1. The summed E-state index contributed by atoms with van der Waals surface area (Å²) >= 11 is 11.4. The summed E-state index contributed by atoms with van der Waals surface area (Å²) in [7, 11) is 0. The zero-order valence-electron chi connectivity index (χ0n) is 8.90. The van der Waals surface area contributed by atoms with Gasteiger partial charge in [0.15, 0.2) is 0 Å². The first-order valence-electron chi connectivity index (χ1n) is 4.54. The van der Waals surface area contributed by atoms with E-state index >= 15 is 0 Å². The number of hydrogen-bond donors (Lipinski definition) is 0. The second kappa shape index (κ2) is 9.95. The zero-order chi connectivity index (χ0) is 12.7. The van der Waals surface area contributed by atoms with Crippen LogP contribution < -0.4 is 0 Å². The summed E-state index contributed by atoms with van der Waals surface area (Å²) in [6.07, 6.45) is 5.61. The molecule has 0 atom stereocenters. The highest BCUT2D eigenvalue weighted by Gasteiger charge is 1.88. The molecule has 0 amide bonds. The van der Waals surface area contributed by atoms with Crippen molar-refractivity contribution in [3.05, 3.63) is 50.3 Å². The summed E-state index contributed by atoms with van der Waals surface area (Å²) in [5.74, 6) is 0. The van der Waals surface area contributed by atoms with Crippen LogP contribution in [0.3, 0.4) is 0 Å². The molecule has 2 nitrogen and oxygen atoms in total. The lowest BCUT2D eigenvalue weighted by atomic mass is 10.5. The Balaban J connectivity index is 0.000000306. The van der Waals surface area contributed by atoms with Crippen LogP contribution in [0.5, 0.6) is 0 Å². The van der Waals surface area contributed by atoms with Crippen molar-refractivity contribution in [1.82, 2.24) is 9.97 Å². The van der Waals surface area contributed by atoms with Crippen molar-refractivity contribution >= 4 is 59.6 Å². The van der Waals surface area contributed by atoms with Crippen LogP contribution in [0.4, 0.5) is 0 Å². The van der Waals surface area contributed by atoms with Gasteiger partial charge in [-0.1, -0.05) is 7.43 Å². The molecule has 0 aromatic carbocycles. The molecule has 0 spiro atoms. The van der Waals surface area contributed by atoms with Gasteiger partial charge in [0.05, 0.1) is 0 Å². The van der Waals surface area contributed by atoms with Crippen LogP contribution in [-0.4, -0.2) is 16.2 Å². The van der Waals surface area contributed by atoms with Crippen LogP contribution in [-0.2, 0) is 0 Å². The molecule has 18 heavy (non-hydrogen) atoms. The van der Waals surface area contributed by atoms with Crippen LogP contribution in [0.25, 0.3) is 0 Å². The van der Waals surface area contributed by atoms with E-state index in [9.17, 15) is 0 Å². The third-order valence-electron chi connectivity index (χ3n) is 1.63. The lowest BCUT2D eigenvalue weighted by Crippen LogP contribution is -1.73. The lowest BCUT2D eigenvalue weighted by molar-refractivity contribution is 1.20. The fourth-order valence-electron chi connectivity index (χ4n) is 0.841. The van der Waals surface area contributed by atoms with Gasteiger partial charge in [-0.05, 0) is 78.3 Å². The van der Waals surface area contributed by atoms with Gasteiger partial charge < -0.3 is 0 Å². The number of rotatable bonds is 1. The smallest absolute Gasteiger partial charge is 0.106 e. The largest absolute Gasteiger partial charge is 0.248 e. The molecule has 0 saturated carbocycles. The molecule has 0 unspecified atom stereocenters. The van der Waals surface area contributed by atoms with Gasteiger partial charge in [-0.15, -0.1) is 11.8 Å². The van der Waals surface area contributed by atoms with Crippen LogP contribution in [0.1, 0.15) is 7.43 Å². The van der Waals surface area contributed by atoms with Crippen molar-refractivity contribution in [1.29, 1.82) is 0 Å². The first-order chi connectivity index (χ1) is 8.11. The van der Waals surface area contributed by atoms with E-state index in [1.807, 2.05) is 36.7 Å². The Morgan fingerprint density at radius 1 is 0.889 bits per heavy atom. The Kier molecular flexibility index (Phi) is 10.00. The molecule has 2 aromatic rings. The quantitative estimate of drug-likeness (QED) is 0.400. The van der Waals surface area contributed by atoms with Crippen molar-refractivity contribution in [3.63, 3.8) is 0 Å². The van der Waals surface area contributed by atoms with E-state index in [0.29, 0.717) is 0 Å². The minimum Gasteiger partial charge on any atom is -0.248 e. The topological polar surface area (TPSA) is 25.8 Å². The Morgan fingerprint density at radius 3 is 1.78 bits per heavy atom. The molecule has 0 bridgehead atoms. The lowest BCUT2D eigenvalue weighted by Gasteiger charge is -1.92. The molecule has 2 rings (SSSR count). The highest BCUT2D eigenvalue weighted by Crippen LogP contribution is 2.14. The van der Waals surface area contributed by atoms with E-state index in [4.69, 9.17) is 0 Å². The minimum absolute atomic E-state index is 0. The van der Waals surface area contributed by atoms with E-state index < -0.39 is 0 Å². The number of nitrogens with zero attached hydrogens (tertiary/aromatic N) is 2. The second-order valence-corrected chi connectivity index (χ2v) is 6.24. The normalized spacial score (nSPS) is 8.89. The zero-order valence-corrected chi connectivity index (χ0v) is 14.5. The van der Waals surface area contributed by atoms with Crippen molar-refractivity contribution in [2.45, 2.75) is 12.3 Å². The molecule has 0 saturated heterocycles. The maximum absolute atomic E-state index is 4.05. The second-order valence-electron chi connectivity index (χ2n) is 2.82. The van der Waals surface area contributed by atoms with Gasteiger partial charge in [0.25, 0.3) is 0 Å². The van der Waals surface area contributed by atoms with Gasteiger partial charge in [-0.2, -0.15) is 0 Å². The van der Waals surface area contributed by atoms with Crippen molar-refractivity contribution in [2.75, 3.05) is 6.26 Å². The molecular weight excluding hydrogens is 444 g/mol. The van der Waals surface area contributed by atoms with E-state index in [1.165, 1.54) is 4.90 Å². The Hall–Kier alpha value is 0.0900. The first-order valence-corrected chi connectivity index (χ1v) is 8.15. The maximum Gasteiger partial charge on any atom is 0.106 e. The van der Waals surface area contributed by atoms with E-state index in [1.54, 1.807) is 18.0 Å². The Morgan fingerprint density at radius 2 is 1.44 bits per heavy atom. The van der Waals surface area contributed by atoms with Gasteiger partial charge in [-0.25, -0.2) is 9.97 Å². The summed E-state index contributed by atoms with van der Waals surface area (Å²) in [5, 5.41) is 0. The molecule has 2 heterocycles. The van der Waals surface area contributed by atoms with E-state index in [-0.39, 0.29) is 7.43 Å². The average Bonchev–Trinajstić information content (AvgIpc) is 2.35. The molecule has 0 N–H and O–H groups in total. The highest BCUT2D eigenvalue weighted by molar-refractivity contribution is 9.11. The fraction of sp³-hybridized carbons (Fsp3) is 0.167. The third-order valence-corrected chi connectivity index (χ3v) is 3.75. The monoisotopic (exact) mass is 454 g/mol. The van der Waals surface area contributed by atoms with Crippen molar-refractivity contribution in [2.24, 2.45) is 0 Å². The molecule has 2 aromatic heterocycles. The third kappa shape index (κ3) is 7.51. The molecule has 0 radical (unpaired) electrons. The van der Waals surface area contributed by atoms with Gasteiger partial charge >= 0.3 is 0 Å². The van der Waals surface area contributed by atoms with Gasteiger partial charge in [0.2, 0.25) is 0 Å². The number of aromatic nitrogens is 2. The van der Waals surface area contributed by atoms with E-state index in [0.717, 1.165) is 13.7 Å². The van der Waals surface area contributed by atoms with Crippen LogP contribution in [0, 0.1) is 0 Å².